The van der Waals surface area contributed by atoms with Gasteiger partial charge in [-0.2, -0.15) is 0 Å². The molecule has 7 heteroatoms. The summed E-state index contributed by atoms with van der Waals surface area (Å²) in [5, 5.41) is 13.3. The number of carbonyl (C=O) groups is 1. The maximum atomic E-state index is 13.0. The number of carbonyl (C=O) groups excluding carboxylic acids is 1. The van der Waals surface area contributed by atoms with Crippen LogP contribution < -0.4 is 45.0 Å². The fourth-order valence-electron chi connectivity index (χ4n) is 3.05. The van der Waals surface area contributed by atoms with Crippen LogP contribution in [0, 0.1) is 0 Å². The van der Waals surface area contributed by atoms with E-state index in [1.54, 1.807) is 62.6 Å². The first kappa shape index (κ1) is 22.0. The van der Waals surface area contributed by atoms with Crippen molar-refractivity contribution in [3.05, 3.63) is 70.1 Å². The van der Waals surface area contributed by atoms with Gasteiger partial charge in [-0.05, 0) is 30.7 Å². The van der Waals surface area contributed by atoms with Gasteiger partial charge in [0.15, 0.2) is 0 Å². The van der Waals surface area contributed by atoms with Crippen molar-refractivity contribution in [2.45, 2.75) is 19.3 Å². The Morgan fingerprint density at radius 2 is 1.82 bits per heavy atom. The molecule has 0 aliphatic rings. The standard InChI is InChI=1S/C21H20O6.Na/c1-3-26-18(22)12-16(13-8-10-14(25-2)11-9-13)19-20(23)15-6-4-5-7-17(15)27-21(19)24;/h4-11,16,23H,3,12H2,1-2H3;/q;+1/p-1. The van der Waals surface area contributed by atoms with Crippen LogP contribution in [0.15, 0.2) is 57.7 Å². The van der Waals surface area contributed by atoms with Crippen molar-refractivity contribution in [2.75, 3.05) is 13.7 Å². The van der Waals surface area contributed by atoms with Crippen LogP contribution in [-0.4, -0.2) is 19.7 Å². The van der Waals surface area contributed by atoms with E-state index in [1.165, 1.54) is 0 Å². The summed E-state index contributed by atoms with van der Waals surface area (Å²) >= 11 is 0. The number of para-hydroxylation sites is 1. The van der Waals surface area contributed by atoms with Crippen molar-refractivity contribution in [3.63, 3.8) is 0 Å². The third-order valence-corrected chi connectivity index (χ3v) is 4.34. The molecule has 6 nitrogen and oxygen atoms in total. The molecule has 2 aromatic carbocycles. The first-order valence-electron chi connectivity index (χ1n) is 8.57. The van der Waals surface area contributed by atoms with Crippen molar-refractivity contribution in [1.29, 1.82) is 0 Å². The van der Waals surface area contributed by atoms with E-state index in [-0.39, 0.29) is 53.7 Å². The molecule has 0 fully saturated rings. The zero-order valence-corrected chi connectivity index (χ0v) is 18.1. The average molecular weight is 390 g/mol. The molecule has 140 valence electrons. The number of hydrogen-bond donors (Lipinski definition) is 0. The predicted octanol–water partition coefficient (Wildman–Crippen LogP) is -0.0357. The van der Waals surface area contributed by atoms with Gasteiger partial charge >= 0.3 is 41.2 Å². The molecule has 1 atom stereocenters. The zero-order valence-electron chi connectivity index (χ0n) is 16.1. The summed E-state index contributed by atoms with van der Waals surface area (Å²) in [5.74, 6) is -1.08. The summed E-state index contributed by atoms with van der Waals surface area (Å²) in [6, 6.07) is 13.4. The van der Waals surface area contributed by atoms with Gasteiger partial charge in [-0.25, -0.2) is 4.79 Å². The summed E-state index contributed by atoms with van der Waals surface area (Å²) in [6.07, 6.45) is -0.140. The average Bonchev–Trinajstić information content (AvgIpc) is 2.67. The SMILES string of the molecule is CCOC(=O)CC(c1ccc(OC)cc1)c1c([O-])c2ccccc2oc1=O.[Na+]. The van der Waals surface area contributed by atoms with E-state index in [9.17, 15) is 14.7 Å². The van der Waals surface area contributed by atoms with E-state index in [0.29, 0.717) is 16.7 Å². The predicted molar refractivity (Wildman–Crippen MR) is 98.0 cm³/mol. The number of esters is 1. The van der Waals surface area contributed by atoms with Crippen LogP contribution in [0.5, 0.6) is 11.5 Å². The molecular formula is C21H19NaO6. The third-order valence-electron chi connectivity index (χ3n) is 4.34. The van der Waals surface area contributed by atoms with Gasteiger partial charge in [0.1, 0.15) is 11.3 Å². The van der Waals surface area contributed by atoms with E-state index in [1.807, 2.05) is 0 Å². The van der Waals surface area contributed by atoms with Crippen LogP contribution in [0.4, 0.5) is 0 Å². The van der Waals surface area contributed by atoms with Crippen LogP contribution in [0.3, 0.4) is 0 Å². The second-order valence-electron chi connectivity index (χ2n) is 5.96. The van der Waals surface area contributed by atoms with Crippen molar-refractivity contribution >= 4 is 16.9 Å². The van der Waals surface area contributed by atoms with Gasteiger partial charge in [-0.15, -0.1) is 0 Å². The summed E-state index contributed by atoms with van der Waals surface area (Å²) < 4.78 is 15.5. The van der Waals surface area contributed by atoms with Gasteiger partial charge in [-0.1, -0.05) is 36.1 Å². The maximum absolute atomic E-state index is 13.0. The Bertz CT molecular complexity index is 1010. The molecule has 0 spiro atoms. The van der Waals surface area contributed by atoms with Crippen LogP contribution in [0.2, 0.25) is 0 Å². The number of fused-ring (bicyclic) bond motifs is 1. The topological polar surface area (TPSA) is 88.8 Å². The normalized spacial score (nSPS) is 11.5. The van der Waals surface area contributed by atoms with Gasteiger partial charge in [0, 0.05) is 16.9 Å². The summed E-state index contributed by atoms with van der Waals surface area (Å²) in [4.78, 5) is 24.7. The first-order chi connectivity index (χ1) is 13.0. The van der Waals surface area contributed by atoms with E-state index in [2.05, 4.69) is 0 Å². The molecule has 3 aromatic rings. The van der Waals surface area contributed by atoms with Crippen molar-refractivity contribution in [3.8, 4) is 11.5 Å². The van der Waals surface area contributed by atoms with Crippen LogP contribution >= 0.6 is 0 Å². The second kappa shape index (κ2) is 9.78. The minimum absolute atomic E-state index is 0. The van der Waals surface area contributed by atoms with E-state index >= 15 is 0 Å². The minimum Gasteiger partial charge on any atom is -0.872 e. The Labute approximate surface area is 184 Å². The summed E-state index contributed by atoms with van der Waals surface area (Å²) in [5.41, 5.74) is 0.0279. The molecule has 1 aromatic heterocycles. The van der Waals surface area contributed by atoms with E-state index < -0.39 is 23.3 Å². The Hall–Kier alpha value is -2.28. The Morgan fingerprint density at radius 3 is 2.46 bits per heavy atom. The molecule has 0 amide bonds. The molecule has 3 rings (SSSR count). The van der Waals surface area contributed by atoms with E-state index in [0.717, 1.165) is 0 Å². The molecule has 0 saturated heterocycles. The number of methoxy groups -OCH3 is 1. The first-order valence-corrected chi connectivity index (χ1v) is 8.57. The van der Waals surface area contributed by atoms with Crippen LogP contribution in [-0.2, 0) is 9.53 Å². The quantitative estimate of drug-likeness (QED) is 0.334. The molecule has 0 aliphatic carbocycles. The molecule has 0 radical (unpaired) electrons. The Morgan fingerprint density at radius 1 is 1.14 bits per heavy atom. The smallest absolute Gasteiger partial charge is 0.872 e. The molecule has 1 unspecified atom stereocenters. The largest absolute Gasteiger partial charge is 1.00 e. The molecule has 0 saturated carbocycles. The number of rotatable bonds is 6. The van der Waals surface area contributed by atoms with Crippen molar-refractivity contribution in [1.82, 2.24) is 0 Å². The van der Waals surface area contributed by atoms with Crippen LogP contribution in [0.1, 0.15) is 30.4 Å². The summed E-state index contributed by atoms with van der Waals surface area (Å²) in [7, 11) is 1.54. The van der Waals surface area contributed by atoms with E-state index in [4.69, 9.17) is 13.9 Å². The monoisotopic (exact) mass is 390 g/mol. The molecule has 28 heavy (non-hydrogen) atoms. The van der Waals surface area contributed by atoms with Crippen molar-refractivity contribution < 1.29 is 53.3 Å². The molecular weight excluding hydrogens is 371 g/mol. The maximum Gasteiger partial charge on any atom is 1.00 e. The summed E-state index contributed by atoms with van der Waals surface area (Å²) in [6.45, 7) is 1.91. The fraction of sp³-hybridized carbons (Fsp3) is 0.238. The van der Waals surface area contributed by atoms with Crippen LogP contribution in [0.25, 0.3) is 11.0 Å². The molecule has 0 bridgehead atoms. The molecule has 0 aliphatic heterocycles. The second-order valence-corrected chi connectivity index (χ2v) is 5.96. The number of hydrogen-bond acceptors (Lipinski definition) is 6. The van der Waals surface area contributed by atoms with Gasteiger partial charge in [0.2, 0.25) is 0 Å². The number of benzene rings is 2. The van der Waals surface area contributed by atoms with Gasteiger partial charge < -0.3 is 19.0 Å². The minimum atomic E-state index is -0.775. The fourth-order valence-corrected chi connectivity index (χ4v) is 3.05. The Kier molecular flexibility index (Phi) is 7.69. The molecule has 1 heterocycles. The van der Waals surface area contributed by atoms with Gasteiger partial charge in [0.25, 0.3) is 0 Å². The van der Waals surface area contributed by atoms with Gasteiger partial charge in [-0.3, -0.25) is 4.79 Å². The third kappa shape index (κ3) is 4.58. The van der Waals surface area contributed by atoms with Crippen molar-refractivity contribution in [2.24, 2.45) is 0 Å². The number of ether oxygens (including phenoxy) is 2. The Balaban J connectivity index is 0.00000280. The zero-order chi connectivity index (χ0) is 19.4. The van der Waals surface area contributed by atoms with Gasteiger partial charge in [0.05, 0.1) is 20.1 Å². The molecule has 0 N–H and O–H groups in total.